The maximum absolute atomic E-state index is 13.3. The molecule has 74 valence electrons. The van der Waals surface area contributed by atoms with Crippen molar-refractivity contribution in [3.63, 3.8) is 0 Å². The van der Waals surface area contributed by atoms with Crippen molar-refractivity contribution in [2.45, 2.75) is 45.3 Å². The van der Waals surface area contributed by atoms with Crippen LogP contribution in [0.5, 0.6) is 0 Å². The van der Waals surface area contributed by atoms with Crippen molar-refractivity contribution in [2.24, 2.45) is 5.92 Å². The van der Waals surface area contributed by atoms with E-state index in [0.717, 1.165) is 19.4 Å². The average Bonchev–Trinajstić information content (AvgIpc) is 2.35. The van der Waals surface area contributed by atoms with Gasteiger partial charge in [0.2, 0.25) is 0 Å². The van der Waals surface area contributed by atoms with Gasteiger partial charge in [-0.3, -0.25) is 0 Å². The van der Waals surface area contributed by atoms with Crippen molar-refractivity contribution in [3.8, 4) is 0 Å². The summed E-state index contributed by atoms with van der Waals surface area (Å²) in [5.41, 5.74) is 0. The third-order valence-corrected chi connectivity index (χ3v) is 2.23. The average molecular weight is 196 g/mol. The second-order valence-electron chi connectivity index (χ2n) is 3.85. The van der Waals surface area contributed by atoms with Gasteiger partial charge in [-0.1, -0.05) is 13.8 Å². The first kappa shape index (κ1) is 12.2. The quantitative estimate of drug-likeness (QED) is 0.730. The van der Waals surface area contributed by atoms with Crippen molar-refractivity contribution in [3.05, 3.63) is 0 Å². The number of nitrogens with one attached hydrogen (secondary N) is 1. The molecule has 2 unspecified atom stereocenters. The highest BCUT2D eigenvalue weighted by Gasteiger charge is 2.24. The van der Waals surface area contributed by atoms with E-state index in [1.807, 2.05) is 0 Å². The number of halogens is 2. The maximum atomic E-state index is 13.3. The lowest BCUT2D eigenvalue weighted by molar-refractivity contribution is 0.227. The van der Waals surface area contributed by atoms with Gasteiger partial charge in [0.1, 0.15) is 6.17 Å². The molecule has 0 aromatic carbocycles. The molecule has 0 aliphatic carbocycles. The van der Waals surface area contributed by atoms with Crippen LogP contribution in [0.15, 0.2) is 0 Å². The van der Waals surface area contributed by atoms with Crippen molar-refractivity contribution in [2.75, 3.05) is 6.54 Å². The third-order valence-electron chi connectivity index (χ3n) is 2.23. The maximum Gasteiger partial charge on any atom is 0.116 e. The van der Waals surface area contributed by atoms with Gasteiger partial charge in [0, 0.05) is 6.04 Å². The van der Waals surface area contributed by atoms with Crippen molar-refractivity contribution in [1.29, 1.82) is 0 Å². The van der Waals surface area contributed by atoms with E-state index < -0.39 is 6.17 Å². The molecule has 1 aliphatic heterocycles. The molecule has 0 saturated carbocycles. The minimum Gasteiger partial charge on any atom is -0.311 e. The summed E-state index contributed by atoms with van der Waals surface area (Å²) in [6, 6.07) is 0.150. The lowest BCUT2D eigenvalue weighted by Crippen LogP contribution is -2.32. The van der Waals surface area contributed by atoms with E-state index in [-0.39, 0.29) is 18.4 Å². The molecule has 2 atom stereocenters. The van der Waals surface area contributed by atoms with Crippen LogP contribution in [0.4, 0.5) is 4.39 Å². The van der Waals surface area contributed by atoms with E-state index in [0.29, 0.717) is 12.3 Å². The van der Waals surface area contributed by atoms with Crippen molar-refractivity contribution in [1.82, 2.24) is 5.32 Å². The Morgan fingerprint density at radius 3 is 2.58 bits per heavy atom. The van der Waals surface area contributed by atoms with E-state index >= 15 is 0 Å². The molecule has 1 N–H and O–H groups in total. The van der Waals surface area contributed by atoms with E-state index in [4.69, 9.17) is 0 Å². The monoisotopic (exact) mass is 195 g/mol. The Morgan fingerprint density at radius 1 is 1.50 bits per heavy atom. The molecule has 0 aromatic heterocycles. The highest BCUT2D eigenvalue weighted by Crippen LogP contribution is 2.18. The van der Waals surface area contributed by atoms with E-state index in [1.54, 1.807) is 0 Å². The Morgan fingerprint density at radius 2 is 2.17 bits per heavy atom. The number of hydrogen-bond donors (Lipinski definition) is 1. The topological polar surface area (TPSA) is 12.0 Å². The molecule has 0 aromatic rings. The lowest BCUT2D eigenvalue weighted by atomic mass is 10.0. The molecule has 0 spiro atoms. The molecule has 0 bridgehead atoms. The first-order valence-electron chi connectivity index (χ1n) is 4.57. The fraction of sp³-hybridized carbons (Fsp3) is 1.00. The molecular formula is C9H19ClFN. The van der Waals surface area contributed by atoms with Crippen molar-refractivity contribution < 1.29 is 4.39 Å². The molecule has 3 heteroatoms. The third kappa shape index (κ3) is 3.72. The molecule has 1 nitrogen and oxygen atoms in total. The summed E-state index contributed by atoms with van der Waals surface area (Å²) in [6.45, 7) is 5.15. The molecule has 1 saturated heterocycles. The zero-order chi connectivity index (χ0) is 8.27. The predicted molar refractivity (Wildman–Crippen MR) is 52.6 cm³/mol. The van der Waals surface area contributed by atoms with Crippen LogP contribution in [-0.4, -0.2) is 18.8 Å². The summed E-state index contributed by atoms with van der Waals surface area (Å²) >= 11 is 0. The van der Waals surface area contributed by atoms with Gasteiger partial charge in [-0.05, 0) is 31.7 Å². The highest BCUT2D eigenvalue weighted by molar-refractivity contribution is 5.85. The van der Waals surface area contributed by atoms with Crippen LogP contribution in [0.3, 0.4) is 0 Å². The predicted octanol–water partition coefficient (Wildman–Crippen LogP) is 2.54. The van der Waals surface area contributed by atoms with Crippen LogP contribution in [0, 0.1) is 5.92 Å². The van der Waals surface area contributed by atoms with E-state index in [9.17, 15) is 4.39 Å². The van der Waals surface area contributed by atoms with Gasteiger partial charge in [0.15, 0.2) is 0 Å². The summed E-state index contributed by atoms with van der Waals surface area (Å²) in [5, 5.41) is 3.19. The zero-order valence-electron chi connectivity index (χ0n) is 7.85. The first-order chi connectivity index (χ1) is 5.20. The van der Waals surface area contributed by atoms with Crippen LogP contribution in [0.25, 0.3) is 0 Å². The molecule has 1 aliphatic rings. The Labute approximate surface area is 80.5 Å². The van der Waals surface area contributed by atoms with Gasteiger partial charge in [-0.2, -0.15) is 0 Å². The van der Waals surface area contributed by atoms with Crippen LogP contribution >= 0.6 is 12.4 Å². The van der Waals surface area contributed by atoms with Crippen molar-refractivity contribution >= 4 is 12.4 Å². The molecule has 0 amide bonds. The highest BCUT2D eigenvalue weighted by atomic mass is 35.5. The van der Waals surface area contributed by atoms with Gasteiger partial charge < -0.3 is 5.32 Å². The number of hydrogen-bond acceptors (Lipinski definition) is 1. The van der Waals surface area contributed by atoms with Gasteiger partial charge in [0.05, 0.1) is 0 Å². The summed E-state index contributed by atoms with van der Waals surface area (Å²) in [7, 11) is 0. The Bertz CT molecular complexity index is 113. The molecule has 1 heterocycles. The Kier molecular flexibility index (Phi) is 5.85. The van der Waals surface area contributed by atoms with E-state index in [1.165, 1.54) is 0 Å². The first-order valence-corrected chi connectivity index (χ1v) is 4.57. The lowest BCUT2D eigenvalue weighted by Gasteiger charge is -2.17. The number of alkyl halides is 1. The molecular weight excluding hydrogens is 177 g/mol. The fourth-order valence-electron chi connectivity index (χ4n) is 1.63. The second-order valence-corrected chi connectivity index (χ2v) is 3.85. The summed E-state index contributed by atoms with van der Waals surface area (Å²) in [4.78, 5) is 0. The molecule has 0 radical (unpaired) electrons. The van der Waals surface area contributed by atoms with E-state index in [2.05, 4.69) is 19.2 Å². The fourth-order valence-corrected chi connectivity index (χ4v) is 1.63. The zero-order valence-corrected chi connectivity index (χ0v) is 8.66. The summed E-state index contributed by atoms with van der Waals surface area (Å²) in [5.74, 6) is 0.479. The molecule has 12 heavy (non-hydrogen) atoms. The minimum atomic E-state index is -0.627. The number of rotatable bonds is 3. The van der Waals surface area contributed by atoms with Crippen LogP contribution in [0.2, 0.25) is 0 Å². The SMILES string of the molecule is CC(C)CC(F)C1CCCN1.Cl. The Balaban J connectivity index is 0.00000121. The van der Waals surface area contributed by atoms with Crippen LogP contribution in [-0.2, 0) is 0 Å². The largest absolute Gasteiger partial charge is 0.311 e. The normalized spacial score (nSPS) is 25.5. The second kappa shape index (κ2) is 5.76. The van der Waals surface area contributed by atoms with Gasteiger partial charge >= 0.3 is 0 Å². The van der Waals surface area contributed by atoms with Crippen LogP contribution < -0.4 is 5.32 Å². The molecule has 1 rings (SSSR count). The van der Waals surface area contributed by atoms with Crippen LogP contribution in [0.1, 0.15) is 33.1 Å². The minimum absolute atomic E-state index is 0. The smallest absolute Gasteiger partial charge is 0.116 e. The summed E-state index contributed by atoms with van der Waals surface area (Å²) < 4.78 is 13.3. The van der Waals surface area contributed by atoms with Gasteiger partial charge in [0.25, 0.3) is 0 Å². The molecule has 1 fully saturated rings. The van der Waals surface area contributed by atoms with Gasteiger partial charge in [-0.25, -0.2) is 4.39 Å². The van der Waals surface area contributed by atoms with Gasteiger partial charge in [-0.15, -0.1) is 12.4 Å². The summed E-state index contributed by atoms with van der Waals surface area (Å²) in [6.07, 6.45) is 2.24. The Hall–Kier alpha value is 0.180. The standard InChI is InChI=1S/C9H18FN.ClH/c1-7(2)6-8(10)9-4-3-5-11-9;/h7-9,11H,3-6H2,1-2H3;1H.